The van der Waals surface area contributed by atoms with Crippen molar-refractivity contribution in [3.63, 3.8) is 0 Å². The molecule has 2 amide bonds. The number of carbonyl (C=O) groups is 2. The van der Waals surface area contributed by atoms with E-state index in [0.717, 1.165) is 18.2 Å². The Morgan fingerprint density at radius 1 is 1.06 bits per heavy atom. The van der Waals surface area contributed by atoms with Crippen molar-refractivity contribution in [2.45, 2.75) is 35.4 Å². The summed E-state index contributed by atoms with van der Waals surface area (Å²) in [6.07, 6.45) is -6.45. The van der Waals surface area contributed by atoms with Crippen molar-refractivity contribution in [2.24, 2.45) is 0 Å². The molecule has 2 N–H and O–H groups in total. The molecular formula is C33H30ClF3N3O7S+. The number of likely N-dealkylation sites (tertiary alicyclic amines) is 1. The highest BCUT2D eigenvalue weighted by molar-refractivity contribution is 7.93. The van der Waals surface area contributed by atoms with Crippen LogP contribution in [0.2, 0.25) is 5.02 Å². The predicted octanol–water partition coefficient (Wildman–Crippen LogP) is 4.71. The van der Waals surface area contributed by atoms with Gasteiger partial charge in [0.05, 0.1) is 25.4 Å². The maximum Gasteiger partial charge on any atom is 0.573 e. The first kappa shape index (κ1) is 33.5. The molecule has 4 atom stereocenters. The predicted molar refractivity (Wildman–Crippen MR) is 170 cm³/mol. The van der Waals surface area contributed by atoms with Gasteiger partial charge in [0, 0.05) is 30.1 Å². The number of rotatable bonds is 7. The molecule has 0 bridgehead atoms. The number of likely N-dealkylation sites (N-methyl/N-ethyl adjacent to an activating group) is 2. The highest BCUT2D eigenvalue weighted by Crippen LogP contribution is 2.57. The molecule has 252 valence electrons. The quantitative estimate of drug-likeness (QED) is 0.268. The number of anilines is 1. The number of aliphatic hydroxyl groups is 1. The number of alkyl halides is 3. The van der Waals surface area contributed by atoms with Crippen LogP contribution in [0.1, 0.15) is 17.5 Å². The number of methoxy groups -OCH3 is 1. The minimum atomic E-state index is -5.30. The lowest BCUT2D eigenvalue weighted by atomic mass is 9.77. The Labute approximate surface area is 278 Å². The van der Waals surface area contributed by atoms with Gasteiger partial charge in [-0.1, -0.05) is 54.1 Å². The second-order valence-corrected chi connectivity index (χ2v) is 14.0. The largest absolute Gasteiger partial charge is 0.573 e. The number of nitrogens with zero attached hydrogens (tertiary/aromatic N) is 2. The van der Waals surface area contributed by atoms with Crippen LogP contribution in [0.25, 0.3) is 10.8 Å². The number of hydrogen-bond acceptors (Lipinski definition) is 7. The molecule has 0 aromatic heterocycles. The summed E-state index contributed by atoms with van der Waals surface area (Å²) in [4.78, 5) is 28.1. The lowest BCUT2D eigenvalue weighted by molar-refractivity contribution is -0.953. The fourth-order valence-electron chi connectivity index (χ4n) is 7.32. The Bertz CT molecular complexity index is 2070. The molecule has 1 fully saturated rings. The zero-order valence-corrected chi connectivity index (χ0v) is 27.4. The highest BCUT2D eigenvalue weighted by Gasteiger charge is 2.71. The van der Waals surface area contributed by atoms with Gasteiger partial charge in [-0.3, -0.25) is 14.1 Å². The SMILES string of the molecule is CNC(=O)[C@@H]1C[C@@H](O)C[N+]1(C)C1(c2cccc3ccccc23)C(=O)N(S(=O)(=O)c2ccc(OC)cc2OC(F)(F)F)c2ccc(Cl)cc21. The number of ether oxygens (including phenoxy) is 2. The minimum Gasteiger partial charge on any atom is -0.497 e. The minimum absolute atomic E-state index is 0.0688. The van der Waals surface area contributed by atoms with Crippen LogP contribution in [0.15, 0.2) is 83.8 Å². The molecular weight excluding hydrogens is 675 g/mol. The average molecular weight is 705 g/mol. The number of benzene rings is 4. The number of nitrogens with one attached hydrogen (secondary N) is 1. The van der Waals surface area contributed by atoms with Gasteiger partial charge in [-0.25, -0.2) is 8.42 Å². The monoisotopic (exact) mass is 704 g/mol. The Morgan fingerprint density at radius 3 is 2.46 bits per heavy atom. The van der Waals surface area contributed by atoms with E-state index >= 15 is 4.79 Å². The van der Waals surface area contributed by atoms with Gasteiger partial charge in [-0.05, 0) is 41.1 Å². The van der Waals surface area contributed by atoms with Crippen molar-refractivity contribution in [3.05, 3.63) is 95.0 Å². The normalized spacial score (nSPS) is 24.1. The maximum atomic E-state index is 15.5. The Morgan fingerprint density at radius 2 is 1.77 bits per heavy atom. The molecule has 2 aliphatic heterocycles. The van der Waals surface area contributed by atoms with E-state index in [-0.39, 0.29) is 35.0 Å². The standard InChI is InChI=1S/C33H29ClF3N3O7S/c1-38-30(42)27-16-21(41)18-40(27,2)32(24-10-6-8-19-7-4-5-9-23(19)24)25-15-20(34)11-13-26(25)39(31(32)43)48(44,45)29-14-12-22(46-3)17-28(29)47-33(35,36)37/h4-15,17,21,27,41H,16,18H2,1-3H3/p+1/t21-,27+,32?,40?/m1/s1. The molecule has 2 unspecified atom stereocenters. The first-order valence-electron chi connectivity index (χ1n) is 14.7. The number of aliphatic hydroxyl groups excluding tert-OH is 1. The lowest BCUT2D eigenvalue weighted by Crippen LogP contribution is -2.69. The van der Waals surface area contributed by atoms with Gasteiger partial charge < -0.3 is 19.9 Å². The Kier molecular flexibility index (Phi) is 8.14. The van der Waals surface area contributed by atoms with E-state index in [9.17, 15) is 31.5 Å². The van der Waals surface area contributed by atoms with E-state index in [1.165, 1.54) is 32.4 Å². The zero-order valence-electron chi connectivity index (χ0n) is 25.8. The lowest BCUT2D eigenvalue weighted by Gasteiger charge is -2.48. The average Bonchev–Trinajstić information content (AvgIpc) is 3.49. The molecule has 1 saturated heterocycles. The van der Waals surface area contributed by atoms with E-state index < -0.39 is 61.0 Å². The summed E-state index contributed by atoms with van der Waals surface area (Å²) in [5.74, 6) is -2.85. The van der Waals surface area contributed by atoms with Crippen molar-refractivity contribution in [2.75, 3.05) is 32.1 Å². The third-order valence-electron chi connectivity index (χ3n) is 9.22. The summed E-state index contributed by atoms with van der Waals surface area (Å²) in [5.41, 5.74) is -1.88. The van der Waals surface area contributed by atoms with Crippen LogP contribution in [0.5, 0.6) is 11.5 Å². The van der Waals surface area contributed by atoms with E-state index in [1.807, 2.05) is 0 Å². The number of fused-ring (bicyclic) bond motifs is 2. The molecule has 0 aliphatic carbocycles. The number of hydrogen-bond donors (Lipinski definition) is 2. The first-order chi connectivity index (χ1) is 22.6. The molecule has 10 nitrogen and oxygen atoms in total. The van der Waals surface area contributed by atoms with Crippen LogP contribution >= 0.6 is 11.6 Å². The first-order valence-corrected chi connectivity index (χ1v) is 16.5. The molecule has 6 rings (SSSR count). The summed E-state index contributed by atoms with van der Waals surface area (Å²) >= 11 is 6.55. The van der Waals surface area contributed by atoms with Crippen molar-refractivity contribution in [1.82, 2.24) is 5.32 Å². The van der Waals surface area contributed by atoms with Crippen LogP contribution in [-0.2, 0) is 25.2 Å². The van der Waals surface area contributed by atoms with E-state index in [1.54, 1.807) is 49.5 Å². The molecule has 48 heavy (non-hydrogen) atoms. The van der Waals surface area contributed by atoms with E-state index in [0.29, 0.717) is 20.6 Å². The van der Waals surface area contributed by atoms with Crippen molar-refractivity contribution in [3.8, 4) is 11.5 Å². The topological polar surface area (TPSA) is 122 Å². The number of sulfonamides is 1. The Hall–Kier alpha value is -4.37. The Balaban J connectivity index is 1.73. The molecule has 0 radical (unpaired) electrons. The number of quaternary nitrogens is 1. The fraction of sp³-hybridized carbons (Fsp3) is 0.273. The smallest absolute Gasteiger partial charge is 0.497 e. The van der Waals surface area contributed by atoms with Crippen LogP contribution < -0.4 is 19.1 Å². The summed E-state index contributed by atoms with van der Waals surface area (Å²) in [7, 11) is -1.02. The van der Waals surface area contributed by atoms with Gasteiger partial charge in [0.15, 0.2) is 11.8 Å². The van der Waals surface area contributed by atoms with Gasteiger partial charge in [-0.15, -0.1) is 13.2 Å². The molecule has 2 heterocycles. The summed E-state index contributed by atoms with van der Waals surface area (Å²) < 4.78 is 79.3. The fourth-order valence-corrected chi connectivity index (χ4v) is 9.05. The molecule has 0 spiro atoms. The van der Waals surface area contributed by atoms with Gasteiger partial charge >= 0.3 is 12.3 Å². The third-order valence-corrected chi connectivity index (χ3v) is 11.2. The second-order valence-electron chi connectivity index (χ2n) is 11.8. The number of carbonyl (C=O) groups excluding carboxylic acids is 2. The molecule has 2 aliphatic rings. The molecule has 15 heteroatoms. The number of amides is 2. The second kappa shape index (κ2) is 11.7. The van der Waals surface area contributed by atoms with Crippen LogP contribution in [-0.4, -0.2) is 76.1 Å². The van der Waals surface area contributed by atoms with E-state index in [4.69, 9.17) is 16.3 Å². The van der Waals surface area contributed by atoms with Crippen molar-refractivity contribution in [1.29, 1.82) is 0 Å². The summed E-state index contributed by atoms with van der Waals surface area (Å²) in [5, 5.41) is 15.1. The van der Waals surface area contributed by atoms with Gasteiger partial charge in [-0.2, -0.15) is 4.31 Å². The third kappa shape index (κ3) is 4.97. The van der Waals surface area contributed by atoms with E-state index in [2.05, 4.69) is 10.1 Å². The molecule has 0 saturated carbocycles. The van der Waals surface area contributed by atoms with Crippen molar-refractivity contribution >= 4 is 49.9 Å². The van der Waals surface area contributed by atoms with Crippen LogP contribution in [0.3, 0.4) is 0 Å². The van der Waals surface area contributed by atoms with Gasteiger partial charge in [0.1, 0.15) is 23.3 Å². The molecule has 4 aromatic rings. The van der Waals surface area contributed by atoms with Gasteiger partial charge in [0.25, 0.3) is 15.9 Å². The van der Waals surface area contributed by atoms with Crippen LogP contribution in [0.4, 0.5) is 18.9 Å². The summed E-state index contributed by atoms with van der Waals surface area (Å²) in [6.45, 7) is -0.169. The molecule has 4 aromatic carbocycles. The van der Waals surface area contributed by atoms with Gasteiger partial charge in [0.2, 0.25) is 5.54 Å². The number of halogens is 4. The summed E-state index contributed by atoms with van der Waals surface area (Å²) in [6, 6.07) is 17.9. The van der Waals surface area contributed by atoms with Crippen LogP contribution in [0, 0.1) is 0 Å². The highest BCUT2D eigenvalue weighted by atomic mass is 35.5. The van der Waals surface area contributed by atoms with Crippen molar-refractivity contribution < 1.29 is 50.2 Å². The maximum absolute atomic E-state index is 15.5. The zero-order chi connectivity index (χ0) is 34.8.